The second-order valence-electron chi connectivity index (χ2n) is 7.99. The molecule has 4 aromatic heterocycles. The van der Waals surface area contributed by atoms with Crippen LogP contribution in [0.1, 0.15) is 32.6 Å². The van der Waals surface area contributed by atoms with Crippen LogP contribution in [0, 0.1) is 0 Å². The van der Waals surface area contributed by atoms with E-state index in [4.69, 9.17) is 9.72 Å². The van der Waals surface area contributed by atoms with Crippen LogP contribution in [-0.2, 0) is 4.79 Å². The summed E-state index contributed by atoms with van der Waals surface area (Å²) in [6.07, 6.45) is 9.45. The molecule has 0 aliphatic heterocycles. The van der Waals surface area contributed by atoms with Crippen LogP contribution in [0.4, 0.5) is 5.95 Å². The number of anilines is 1. The summed E-state index contributed by atoms with van der Waals surface area (Å²) in [5, 5.41) is 11.6. The van der Waals surface area contributed by atoms with Gasteiger partial charge in [-0.2, -0.15) is 15.1 Å². The number of ether oxygens (including phenoxy) is 1. The quantitative estimate of drug-likeness (QED) is 0.459. The Morgan fingerprint density at radius 1 is 1.19 bits per heavy atom. The Bertz CT molecular complexity index is 1240. The van der Waals surface area contributed by atoms with E-state index >= 15 is 0 Å². The number of aromatic nitrogens is 5. The second-order valence-corrected chi connectivity index (χ2v) is 7.99. The lowest BCUT2D eigenvalue weighted by molar-refractivity contribution is -0.119. The molecule has 9 heteroatoms. The number of nitrogens with one attached hydrogen (secondary N) is 3. The minimum Gasteiger partial charge on any atom is -0.480 e. The first kappa shape index (κ1) is 19.3. The third kappa shape index (κ3) is 3.78. The maximum Gasteiger partial charge on any atom is 0.228 e. The number of hydrogen-bond acceptors (Lipinski definition) is 6. The van der Waals surface area contributed by atoms with Gasteiger partial charge in [0.1, 0.15) is 5.65 Å². The van der Waals surface area contributed by atoms with Crippen LogP contribution in [0.15, 0.2) is 36.8 Å². The van der Waals surface area contributed by atoms with Crippen LogP contribution in [-0.4, -0.2) is 49.7 Å². The Morgan fingerprint density at radius 2 is 2.00 bits per heavy atom. The van der Waals surface area contributed by atoms with Gasteiger partial charge in [0.15, 0.2) is 0 Å². The average Bonchev–Trinajstić information content (AvgIpc) is 3.40. The highest BCUT2D eigenvalue weighted by molar-refractivity contribution is 5.98. The van der Waals surface area contributed by atoms with Crippen molar-refractivity contribution in [1.82, 2.24) is 29.9 Å². The Kier molecular flexibility index (Phi) is 4.93. The van der Waals surface area contributed by atoms with Crippen molar-refractivity contribution in [3.63, 3.8) is 0 Å². The van der Waals surface area contributed by atoms with Crippen molar-refractivity contribution < 1.29 is 9.53 Å². The number of rotatable bonds is 5. The Hall–Kier alpha value is -3.62. The number of hydrogen-bond donors (Lipinski definition) is 3. The zero-order valence-corrected chi connectivity index (χ0v) is 17.6. The first-order valence-electron chi connectivity index (χ1n) is 10.5. The van der Waals surface area contributed by atoms with Crippen molar-refractivity contribution in [3.8, 4) is 17.0 Å². The SMILES string of the molecule is COc1nc(NC2CCC(NC(C)=O)CC2)nc2[nH]cc(-c3ccn4nccc4c3)c12. The van der Waals surface area contributed by atoms with Crippen molar-refractivity contribution in [2.45, 2.75) is 44.7 Å². The topological polar surface area (TPSA) is 109 Å². The Balaban J connectivity index is 1.40. The number of fused-ring (bicyclic) bond motifs is 2. The molecule has 4 heterocycles. The molecule has 31 heavy (non-hydrogen) atoms. The predicted octanol–water partition coefficient (Wildman–Crippen LogP) is 3.14. The molecule has 9 nitrogen and oxygen atoms in total. The molecule has 0 saturated heterocycles. The summed E-state index contributed by atoms with van der Waals surface area (Å²) >= 11 is 0. The largest absolute Gasteiger partial charge is 0.480 e. The minimum absolute atomic E-state index is 0.0323. The van der Waals surface area contributed by atoms with Gasteiger partial charge in [0.05, 0.1) is 18.0 Å². The zero-order valence-electron chi connectivity index (χ0n) is 17.6. The van der Waals surface area contributed by atoms with Crippen LogP contribution in [0.2, 0.25) is 0 Å². The highest BCUT2D eigenvalue weighted by Gasteiger charge is 2.23. The van der Waals surface area contributed by atoms with Gasteiger partial charge in [-0.25, -0.2) is 4.52 Å². The van der Waals surface area contributed by atoms with E-state index in [9.17, 15) is 4.79 Å². The lowest BCUT2D eigenvalue weighted by Crippen LogP contribution is -2.39. The Morgan fingerprint density at radius 3 is 2.77 bits per heavy atom. The van der Waals surface area contributed by atoms with E-state index in [0.717, 1.165) is 53.4 Å². The molecule has 0 aromatic carbocycles. The molecule has 1 aliphatic carbocycles. The van der Waals surface area contributed by atoms with Gasteiger partial charge >= 0.3 is 0 Å². The van der Waals surface area contributed by atoms with Crippen LogP contribution in [0.3, 0.4) is 0 Å². The number of nitrogens with zero attached hydrogens (tertiary/aromatic N) is 4. The van der Waals surface area contributed by atoms with Crippen molar-refractivity contribution in [2.24, 2.45) is 0 Å². The number of carbonyl (C=O) groups excluding carboxylic acids is 1. The maximum atomic E-state index is 11.3. The van der Waals surface area contributed by atoms with Gasteiger partial charge in [-0.15, -0.1) is 0 Å². The number of methoxy groups -OCH3 is 1. The molecular formula is C22H25N7O2. The van der Waals surface area contributed by atoms with Crippen molar-refractivity contribution in [1.29, 1.82) is 0 Å². The van der Waals surface area contributed by atoms with Gasteiger partial charge in [0.2, 0.25) is 17.7 Å². The van der Waals surface area contributed by atoms with Gasteiger partial charge in [-0.3, -0.25) is 4.79 Å². The van der Waals surface area contributed by atoms with Gasteiger partial charge in [-0.1, -0.05) is 0 Å². The molecular weight excluding hydrogens is 394 g/mol. The summed E-state index contributed by atoms with van der Waals surface area (Å²) in [7, 11) is 1.63. The van der Waals surface area contributed by atoms with Gasteiger partial charge in [-0.05, 0) is 49.4 Å². The maximum absolute atomic E-state index is 11.3. The van der Waals surface area contributed by atoms with E-state index in [1.54, 1.807) is 20.2 Å². The number of amides is 1. The molecule has 5 rings (SSSR count). The number of aromatic amines is 1. The zero-order chi connectivity index (χ0) is 21.4. The molecule has 0 bridgehead atoms. The molecule has 4 aromatic rings. The summed E-state index contributed by atoms with van der Waals surface area (Å²) < 4.78 is 7.46. The lowest BCUT2D eigenvalue weighted by atomic mass is 9.91. The van der Waals surface area contributed by atoms with Crippen LogP contribution >= 0.6 is 0 Å². The van der Waals surface area contributed by atoms with Gasteiger partial charge in [0, 0.05) is 43.2 Å². The van der Waals surface area contributed by atoms with E-state index in [1.165, 1.54) is 0 Å². The first-order chi connectivity index (χ1) is 15.1. The molecule has 0 unspecified atom stereocenters. The summed E-state index contributed by atoms with van der Waals surface area (Å²) in [5.41, 5.74) is 3.76. The molecule has 1 amide bonds. The molecule has 3 N–H and O–H groups in total. The summed E-state index contributed by atoms with van der Waals surface area (Å²) in [6, 6.07) is 6.59. The molecule has 0 spiro atoms. The fourth-order valence-electron chi connectivity index (χ4n) is 4.38. The third-order valence-corrected chi connectivity index (χ3v) is 5.87. The average molecular weight is 419 g/mol. The third-order valence-electron chi connectivity index (χ3n) is 5.87. The van der Waals surface area contributed by atoms with Crippen LogP contribution in [0.5, 0.6) is 5.88 Å². The first-order valence-corrected chi connectivity index (χ1v) is 10.5. The van der Waals surface area contributed by atoms with Crippen LogP contribution in [0.25, 0.3) is 27.7 Å². The van der Waals surface area contributed by atoms with Crippen LogP contribution < -0.4 is 15.4 Å². The van der Waals surface area contributed by atoms with Crippen molar-refractivity contribution in [3.05, 3.63) is 36.8 Å². The normalized spacial score (nSPS) is 18.9. The molecule has 160 valence electrons. The molecule has 1 fully saturated rings. The molecule has 1 saturated carbocycles. The summed E-state index contributed by atoms with van der Waals surface area (Å²) in [6.45, 7) is 1.57. The highest BCUT2D eigenvalue weighted by Crippen LogP contribution is 2.35. The fourth-order valence-corrected chi connectivity index (χ4v) is 4.38. The standard InChI is InChI=1S/C22H25N7O2/c1-13(30)25-15-3-5-16(6-4-15)26-22-27-20-19(21(28-22)31-2)18(12-23-20)14-8-10-29-17(11-14)7-9-24-29/h7-12,15-16H,3-6H2,1-2H3,(H,25,30)(H2,23,26,27,28). The number of pyridine rings is 1. The van der Waals surface area contributed by atoms with Gasteiger partial charge < -0.3 is 20.4 Å². The predicted molar refractivity (Wildman–Crippen MR) is 118 cm³/mol. The summed E-state index contributed by atoms with van der Waals surface area (Å²) in [4.78, 5) is 23.9. The molecule has 0 atom stereocenters. The van der Waals surface area contributed by atoms with Crippen molar-refractivity contribution >= 4 is 28.4 Å². The van der Waals surface area contributed by atoms with E-state index in [2.05, 4.69) is 31.8 Å². The highest BCUT2D eigenvalue weighted by atomic mass is 16.5. The monoisotopic (exact) mass is 419 g/mol. The molecule has 0 radical (unpaired) electrons. The van der Waals surface area contributed by atoms with E-state index in [0.29, 0.717) is 11.8 Å². The molecule has 1 aliphatic rings. The second kappa shape index (κ2) is 7.90. The van der Waals surface area contributed by atoms with Crippen molar-refractivity contribution in [2.75, 3.05) is 12.4 Å². The summed E-state index contributed by atoms with van der Waals surface area (Å²) in [5.74, 6) is 1.11. The fraction of sp³-hybridized carbons (Fsp3) is 0.364. The minimum atomic E-state index is 0.0323. The van der Waals surface area contributed by atoms with Gasteiger partial charge in [0.25, 0.3) is 0 Å². The van der Waals surface area contributed by atoms with E-state index < -0.39 is 0 Å². The number of H-pyrrole nitrogens is 1. The Labute approximate surface area is 179 Å². The van der Waals surface area contributed by atoms with E-state index in [1.807, 2.05) is 29.0 Å². The van der Waals surface area contributed by atoms with E-state index in [-0.39, 0.29) is 18.0 Å². The lowest BCUT2D eigenvalue weighted by Gasteiger charge is -2.29. The smallest absolute Gasteiger partial charge is 0.228 e. The number of carbonyl (C=O) groups is 1.